The van der Waals surface area contributed by atoms with E-state index in [0.29, 0.717) is 6.54 Å². The summed E-state index contributed by atoms with van der Waals surface area (Å²) in [6.07, 6.45) is 3.78. The molecule has 2 rings (SSSR count). The van der Waals surface area contributed by atoms with Crippen molar-refractivity contribution in [2.75, 3.05) is 19.8 Å². The Hall–Kier alpha value is -0.580. The Balaban J connectivity index is 2.24. The zero-order valence-electron chi connectivity index (χ0n) is 11.2. The van der Waals surface area contributed by atoms with Crippen molar-refractivity contribution in [3.05, 3.63) is 16.4 Å². The molecule has 0 unspecified atom stereocenters. The molecular formula is C13H22ClN3O. The molecule has 5 heteroatoms. The molecule has 0 bridgehead atoms. The van der Waals surface area contributed by atoms with E-state index in [-0.39, 0.29) is 5.41 Å². The van der Waals surface area contributed by atoms with E-state index in [9.17, 15) is 0 Å². The minimum atomic E-state index is 0.126. The highest BCUT2D eigenvalue weighted by atomic mass is 35.5. The van der Waals surface area contributed by atoms with Crippen LogP contribution in [0.2, 0.25) is 5.02 Å². The molecule has 0 amide bonds. The summed E-state index contributed by atoms with van der Waals surface area (Å²) < 4.78 is 7.35. The lowest BCUT2D eigenvalue weighted by molar-refractivity contribution is 0.0183. The van der Waals surface area contributed by atoms with Gasteiger partial charge in [-0.05, 0) is 37.6 Å². The highest BCUT2D eigenvalue weighted by Gasteiger charge is 2.33. The molecule has 2 N–H and O–H groups in total. The molecule has 1 aromatic heterocycles. The first-order chi connectivity index (χ1) is 8.62. The summed E-state index contributed by atoms with van der Waals surface area (Å²) in [5.41, 5.74) is 8.21. The SMILES string of the molecule is CCc1nn(C)c(CC2(CN)CCOCC2)c1Cl. The van der Waals surface area contributed by atoms with Crippen molar-refractivity contribution in [2.45, 2.75) is 32.6 Å². The molecule has 1 aliphatic rings. The maximum absolute atomic E-state index is 6.41. The van der Waals surface area contributed by atoms with E-state index in [4.69, 9.17) is 22.1 Å². The van der Waals surface area contributed by atoms with E-state index in [2.05, 4.69) is 12.0 Å². The second-order valence-corrected chi connectivity index (χ2v) is 5.56. The highest BCUT2D eigenvalue weighted by Crippen LogP contribution is 2.35. The molecule has 0 spiro atoms. The van der Waals surface area contributed by atoms with Gasteiger partial charge in [-0.1, -0.05) is 18.5 Å². The topological polar surface area (TPSA) is 53.1 Å². The Kier molecular flexibility index (Phi) is 4.30. The lowest BCUT2D eigenvalue weighted by Gasteiger charge is -2.36. The van der Waals surface area contributed by atoms with Gasteiger partial charge in [0.1, 0.15) is 0 Å². The number of nitrogens with zero attached hydrogens (tertiary/aromatic N) is 2. The summed E-state index contributed by atoms with van der Waals surface area (Å²) in [6, 6.07) is 0. The molecule has 18 heavy (non-hydrogen) atoms. The largest absolute Gasteiger partial charge is 0.381 e. The molecule has 0 saturated carbocycles. The van der Waals surface area contributed by atoms with Crippen LogP contribution in [0, 0.1) is 5.41 Å². The van der Waals surface area contributed by atoms with Gasteiger partial charge in [0.15, 0.2) is 0 Å². The molecule has 0 aliphatic carbocycles. The van der Waals surface area contributed by atoms with Crippen molar-refractivity contribution < 1.29 is 4.74 Å². The third kappa shape index (κ3) is 2.56. The van der Waals surface area contributed by atoms with Crippen LogP contribution < -0.4 is 5.73 Å². The number of aromatic nitrogens is 2. The van der Waals surface area contributed by atoms with E-state index in [1.807, 2.05) is 11.7 Å². The molecule has 1 saturated heterocycles. The van der Waals surface area contributed by atoms with Gasteiger partial charge in [-0.2, -0.15) is 5.10 Å². The van der Waals surface area contributed by atoms with Gasteiger partial charge >= 0.3 is 0 Å². The summed E-state index contributed by atoms with van der Waals surface area (Å²) in [6.45, 7) is 4.35. The van der Waals surface area contributed by atoms with Crippen molar-refractivity contribution in [3.8, 4) is 0 Å². The van der Waals surface area contributed by atoms with Crippen molar-refractivity contribution in [3.63, 3.8) is 0 Å². The van der Waals surface area contributed by atoms with E-state index >= 15 is 0 Å². The highest BCUT2D eigenvalue weighted by molar-refractivity contribution is 6.31. The Bertz CT molecular complexity index is 411. The molecule has 2 heterocycles. The Morgan fingerprint density at radius 1 is 1.44 bits per heavy atom. The van der Waals surface area contributed by atoms with Crippen LogP contribution in [0.3, 0.4) is 0 Å². The van der Waals surface area contributed by atoms with E-state index < -0.39 is 0 Å². The van der Waals surface area contributed by atoms with Crippen LogP contribution in [-0.4, -0.2) is 29.5 Å². The summed E-state index contributed by atoms with van der Waals surface area (Å²) in [5, 5.41) is 5.29. The number of hydrogen-bond acceptors (Lipinski definition) is 3. The van der Waals surface area contributed by atoms with Gasteiger partial charge in [-0.15, -0.1) is 0 Å². The number of aryl methyl sites for hydroxylation is 2. The number of nitrogens with two attached hydrogens (primary N) is 1. The van der Waals surface area contributed by atoms with E-state index in [0.717, 1.165) is 55.3 Å². The average molecular weight is 272 g/mol. The molecule has 102 valence electrons. The normalized spacial score (nSPS) is 19.1. The summed E-state index contributed by atoms with van der Waals surface area (Å²) in [7, 11) is 1.96. The van der Waals surface area contributed by atoms with Crippen molar-refractivity contribution in [1.29, 1.82) is 0 Å². The molecule has 1 aromatic rings. The van der Waals surface area contributed by atoms with Crippen LogP contribution in [0.15, 0.2) is 0 Å². The average Bonchev–Trinajstić information content (AvgIpc) is 2.67. The van der Waals surface area contributed by atoms with Crippen molar-refractivity contribution in [1.82, 2.24) is 9.78 Å². The first-order valence-corrected chi connectivity index (χ1v) is 6.98. The van der Waals surface area contributed by atoms with Gasteiger partial charge in [0, 0.05) is 20.3 Å². The van der Waals surface area contributed by atoms with Crippen LogP contribution in [0.4, 0.5) is 0 Å². The lowest BCUT2D eigenvalue weighted by atomic mass is 9.76. The maximum atomic E-state index is 6.41. The standard InChI is InChI=1S/C13H22ClN3O/c1-3-10-12(14)11(17(2)16-10)8-13(9-15)4-6-18-7-5-13/h3-9,15H2,1-2H3. The molecule has 1 fully saturated rings. The molecule has 0 atom stereocenters. The Morgan fingerprint density at radius 2 is 2.11 bits per heavy atom. The van der Waals surface area contributed by atoms with Crippen LogP contribution in [0.5, 0.6) is 0 Å². The predicted molar refractivity (Wildman–Crippen MR) is 72.8 cm³/mol. The van der Waals surface area contributed by atoms with Gasteiger partial charge in [-0.3, -0.25) is 4.68 Å². The molecule has 4 nitrogen and oxygen atoms in total. The van der Waals surface area contributed by atoms with Gasteiger partial charge < -0.3 is 10.5 Å². The van der Waals surface area contributed by atoms with E-state index in [1.54, 1.807) is 0 Å². The molecule has 0 aromatic carbocycles. The Labute approximate surface area is 113 Å². The van der Waals surface area contributed by atoms with Crippen molar-refractivity contribution >= 4 is 11.6 Å². The minimum absolute atomic E-state index is 0.126. The van der Waals surface area contributed by atoms with Gasteiger partial charge in [-0.25, -0.2) is 0 Å². The molecule has 0 radical (unpaired) electrons. The smallest absolute Gasteiger partial charge is 0.0849 e. The van der Waals surface area contributed by atoms with Crippen LogP contribution >= 0.6 is 11.6 Å². The fraction of sp³-hybridized carbons (Fsp3) is 0.769. The van der Waals surface area contributed by atoms with Gasteiger partial charge in [0.05, 0.1) is 16.4 Å². The van der Waals surface area contributed by atoms with Crippen molar-refractivity contribution in [2.24, 2.45) is 18.2 Å². The van der Waals surface area contributed by atoms with Crippen LogP contribution in [-0.2, 0) is 24.6 Å². The fourth-order valence-electron chi connectivity index (χ4n) is 2.62. The zero-order chi connectivity index (χ0) is 13.2. The third-order valence-corrected chi connectivity index (χ3v) is 4.47. The van der Waals surface area contributed by atoms with Gasteiger partial charge in [0.25, 0.3) is 0 Å². The quantitative estimate of drug-likeness (QED) is 0.911. The number of rotatable bonds is 4. The number of hydrogen-bond donors (Lipinski definition) is 1. The monoisotopic (exact) mass is 271 g/mol. The van der Waals surface area contributed by atoms with Gasteiger partial charge in [0.2, 0.25) is 0 Å². The Morgan fingerprint density at radius 3 is 2.61 bits per heavy atom. The summed E-state index contributed by atoms with van der Waals surface area (Å²) in [5.74, 6) is 0. The number of ether oxygens (including phenoxy) is 1. The van der Waals surface area contributed by atoms with Crippen LogP contribution in [0.1, 0.15) is 31.2 Å². The maximum Gasteiger partial charge on any atom is 0.0849 e. The lowest BCUT2D eigenvalue weighted by Crippen LogP contribution is -2.39. The second-order valence-electron chi connectivity index (χ2n) is 5.18. The fourth-order valence-corrected chi connectivity index (χ4v) is 2.99. The minimum Gasteiger partial charge on any atom is -0.381 e. The first kappa shape index (κ1) is 13.8. The molecular weight excluding hydrogens is 250 g/mol. The number of halogens is 1. The summed E-state index contributed by atoms with van der Waals surface area (Å²) >= 11 is 6.41. The second kappa shape index (κ2) is 5.59. The predicted octanol–water partition coefficient (Wildman–Crippen LogP) is 1.93. The zero-order valence-corrected chi connectivity index (χ0v) is 12.0. The summed E-state index contributed by atoms with van der Waals surface area (Å²) in [4.78, 5) is 0. The third-order valence-electron chi connectivity index (χ3n) is 4.03. The molecule has 1 aliphatic heterocycles. The van der Waals surface area contributed by atoms with Crippen LogP contribution in [0.25, 0.3) is 0 Å². The first-order valence-electron chi connectivity index (χ1n) is 6.60. The van der Waals surface area contributed by atoms with E-state index in [1.165, 1.54) is 0 Å².